The zero-order valence-electron chi connectivity index (χ0n) is 17.3. The molecule has 2 aliphatic heterocycles. The first-order chi connectivity index (χ1) is 13.6. The summed E-state index contributed by atoms with van der Waals surface area (Å²) in [5.74, 6) is 0.294. The third-order valence-electron chi connectivity index (χ3n) is 5.99. The highest BCUT2D eigenvalue weighted by atomic mass is 16.2. The molecular formula is C22H34N4O2. The zero-order chi connectivity index (χ0) is 19.9. The van der Waals surface area contributed by atoms with Crippen LogP contribution in [0.5, 0.6) is 0 Å². The lowest BCUT2D eigenvalue weighted by Crippen LogP contribution is -2.53. The fourth-order valence-electron chi connectivity index (χ4n) is 4.20. The fraction of sp³-hybridized carbons (Fsp3) is 0.636. The Morgan fingerprint density at radius 3 is 2.36 bits per heavy atom. The topological polar surface area (TPSA) is 55.9 Å². The molecule has 1 N–H and O–H groups in total. The van der Waals surface area contributed by atoms with Gasteiger partial charge in [-0.1, -0.05) is 25.1 Å². The second-order valence-corrected chi connectivity index (χ2v) is 8.04. The van der Waals surface area contributed by atoms with Crippen molar-refractivity contribution in [3.8, 4) is 0 Å². The number of aryl methyl sites for hydroxylation is 1. The monoisotopic (exact) mass is 386 g/mol. The van der Waals surface area contributed by atoms with Crippen molar-refractivity contribution >= 4 is 17.5 Å². The number of hydrogen-bond donors (Lipinski definition) is 1. The van der Waals surface area contributed by atoms with Crippen molar-refractivity contribution < 1.29 is 9.59 Å². The lowest BCUT2D eigenvalue weighted by Gasteiger charge is -2.37. The Kier molecular flexibility index (Phi) is 7.45. The summed E-state index contributed by atoms with van der Waals surface area (Å²) < 4.78 is 0. The van der Waals surface area contributed by atoms with Gasteiger partial charge in [-0.3, -0.25) is 19.4 Å². The van der Waals surface area contributed by atoms with Gasteiger partial charge in [-0.25, -0.2) is 0 Å². The molecule has 0 aliphatic carbocycles. The molecule has 3 rings (SSSR count). The zero-order valence-corrected chi connectivity index (χ0v) is 17.3. The largest absolute Gasteiger partial charge is 0.339 e. The van der Waals surface area contributed by atoms with E-state index < -0.39 is 0 Å². The Morgan fingerprint density at radius 1 is 1.00 bits per heavy atom. The van der Waals surface area contributed by atoms with Crippen LogP contribution in [0, 0.1) is 0 Å². The molecule has 0 bridgehead atoms. The summed E-state index contributed by atoms with van der Waals surface area (Å²) in [6.45, 7) is 9.40. The van der Waals surface area contributed by atoms with Gasteiger partial charge in [-0.2, -0.15) is 0 Å². The van der Waals surface area contributed by atoms with Crippen molar-refractivity contribution in [1.29, 1.82) is 0 Å². The Hall–Kier alpha value is -1.92. The molecule has 2 amide bonds. The summed E-state index contributed by atoms with van der Waals surface area (Å²) in [4.78, 5) is 31.5. The van der Waals surface area contributed by atoms with E-state index in [-0.39, 0.29) is 11.8 Å². The van der Waals surface area contributed by atoms with Crippen LogP contribution in [0.4, 0.5) is 5.69 Å². The number of nitrogens with zero attached hydrogens (tertiary/aromatic N) is 3. The molecule has 1 aromatic carbocycles. The Morgan fingerprint density at radius 2 is 1.68 bits per heavy atom. The highest BCUT2D eigenvalue weighted by Crippen LogP contribution is 2.17. The molecule has 2 saturated heterocycles. The number of carbonyl (C=O) groups is 2. The Labute approximate surface area is 168 Å². The first kappa shape index (κ1) is 20.8. The van der Waals surface area contributed by atoms with Crippen molar-refractivity contribution in [2.75, 3.05) is 51.1 Å². The van der Waals surface area contributed by atoms with E-state index in [2.05, 4.69) is 39.9 Å². The molecule has 1 atom stereocenters. The van der Waals surface area contributed by atoms with Crippen LogP contribution in [-0.4, -0.2) is 78.4 Å². The Bertz CT molecular complexity index is 670. The maximum atomic E-state index is 12.6. The average Bonchev–Trinajstić information content (AvgIpc) is 2.70. The van der Waals surface area contributed by atoms with Gasteiger partial charge in [-0.15, -0.1) is 0 Å². The van der Waals surface area contributed by atoms with Gasteiger partial charge in [0, 0.05) is 44.5 Å². The Balaban J connectivity index is 1.41. The van der Waals surface area contributed by atoms with E-state index >= 15 is 0 Å². The minimum atomic E-state index is 0.0348. The van der Waals surface area contributed by atoms with Gasteiger partial charge in [-0.05, 0) is 44.2 Å². The number of piperidine rings is 1. The number of likely N-dealkylation sites (tertiary alicyclic amines) is 1. The number of hydrogen-bond acceptors (Lipinski definition) is 4. The molecule has 0 saturated carbocycles. The van der Waals surface area contributed by atoms with E-state index in [1.807, 2.05) is 18.2 Å². The number of carbonyl (C=O) groups excluding carboxylic acids is 2. The van der Waals surface area contributed by atoms with Gasteiger partial charge in [0.15, 0.2) is 0 Å². The summed E-state index contributed by atoms with van der Waals surface area (Å²) in [7, 11) is 0. The van der Waals surface area contributed by atoms with E-state index in [0.717, 1.165) is 63.2 Å². The van der Waals surface area contributed by atoms with Crippen LogP contribution in [0.25, 0.3) is 0 Å². The van der Waals surface area contributed by atoms with Gasteiger partial charge < -0.3 is 10.2 Å². The van der Waals surface area contributed by atoms with Crippen molar-refractivity contribution in [3.05, 3.63) is 29.8 Å². The minimum Gasteiger partial charge on any atom is -0.339 e. The van der Waals surface area contributed by atoms with Crippen molar-refractivity contribution in [2.24, 2.45) is 0 Å². The van der Waals surface area contributed by atoms with Crippen LogP contribution in [-0.2, 0) is 16.0 Å². The van der Waals surface area contributed by atoms with Crippen molar-refractivity contribution in [3.63, 3.8) is 0 Å². The van der Waals surface area contributed by atoms with E-state index in [9.17, 15) is 9.59 Å². The summed E-state index contributed by atoms with van der Waals surface area (Å²) >= 11 is 0. The predicted molar refractivity (Wildman–Crippen MR) is 112 cm³/mol. The summed E-state index contributed by atoms with van der Waals surface area (Å²) in [6, 6.07) is 8.33. The third kappa shape index (κ3) is 5.55. The third-order valence-corrected chi connectivity index (χ3v) is 5.99. The van der Waals surface area contributed by atoms with Crippen molar-refractivity contribution in [2.45, 2.75) is 45.6 Å². The second kappa shape index (κ2) is 10.0. The number of benzene rings is 1. The number of nitrogens with one attached hydrogen (secondary N) is 1. The minimum absolute atomic E-state index is 0.0348. The summed E-state index contributed by atoms with van der Waals surface area (Å²) in [5.41, 5.74) is 2.07. The molecule has 28 heavy (non-hydrogen) atoms. The number of anilines is 1. The average molecular weight is 387 g/mol. The van der Waals surface area contributed by atoms with Crippen LogP contribution in [0.2, 0.25) is 0 Å². The molecule has 0 radical (unpaired) electrons. The van der Waals surface area contributed by atoms with Gasteiger partial charge in [0.25, 0.3) is 0 Å². The lowest BCUT2D eigenvalue weighted by atomic mass is 10.0. The molecule has 2 heterocycles. The fourth-order valence-corrected chi connectivity index (χ4v) is 4.20. The highest BCUT2D eigenvalue weighted by molar-refractivity contribution is 5.93. The van der Waals surface area contributed by atoms with E-state index in [1.54, 1.807) is 0 Å². The van der Waals surface area contributed by atoms with E-state index in [4.69, 9.17) is 0 Å². The molecule has 0 spiro atoms. The smallest absolute Gasteiger partial charge is 0.238 e. The van der Waals surface area contributed by atoms with Crippen molar-refractivity contribution in [1.82, 2.24) is 14.7 Å². The first-order valence-electron chi connectivity index (χ1n) is 10.7. The molecule has 1 unspecified atom stereocenters. The maximum Gasteiger partial charge on any atom is 0.238 e. The number of rotatable bonds is 6. The SMILES string of the molecule is CCc1ccccc1NC(=O)CN1CCN(CC(=O)N2CCCCC2C)CC1. The molecule has 6 nitrogen and oxygen atoms in total. The summed E-state index contributed by atoms with van der Waals surface area (Å²) in [6.07, 6.45) is 4.38. The van der Waals surface area contributed by atoms with Gasteiger partial charge >= 0.3 is 0 Å². The van der Waals surface area contributed by atoms with Crippen LogP contribution in [0.3, 0.4) is 0 Å². The maximum absolute atomic E-state index is 12.6. The molecular weight excluding hydrogens is 352 g/mol. The standard InChI is InChI=1S/C22H34N4O2/c1-3-19-9-4-5-10-20(19)23-21(27)16-24-12-14-25(15-13-24)17-22(28)26-11-7-6-8-18(26)2/h4-5,9-10,18H,3,6-8,11-17H2,1-2H3,(H,23,27). The number of para-hydroxylation sites is 1. The second-order valence-electron chi connectivity index (χ2n) is 8.04. The number of piperazine rings is 1. The highest BCUT2D eigenvalue weighted by Gasteiger charge is 2.26. The van der Waals surface area contributed by atoms with Crippen LogP contribution < -0.4 is 5.32 Å². The molecule has 1 aromatic rings. The predicted octanol–water partition coefficient (Wildman–Crippen LogP) is 2.21. The quantitative estimate of drug-likeness (QED) is 0.814. The normalized spacial score (nSPS) is 21.5. The molecule has 6 heteroatoms. The summed E-state index contributed by atoms with van der Waals surface area (Å²) in [5, 5.41) is 3.05. The molecule has 2 aliphatic rings. The van der Waals surface area contributed by atoms with E-state index in [1.165, 1.54) is 6.42 Å². The van der Waals surface area contributed by atoms with E-state index in [0.29, 0.717) is 19.1 Å². The molecule has 2 fully saturated rings. The molecule has 0 aromatic heterocycles. The number of amides is 2. The van der Waals surface area contributed by atoms with Crippen LogP contribution in [0.15, 0.2) is 24.3 Å². The van der Waals surface area contributed by atoms with Crippen LogP contribution in [0.1, 0.15) is 38.7 Å². The van der Waals surface area contributed by atoms with Gasteiger partial charge in [0.2, 0.25) is 11.8 Å². The van der Waals surface area contributed by atoms with Crippen LogP contribution >= 0.6 is 0 Å². The molecule has 154 valence electrons. The van der Waals surface area contributed by atoms with Gasteiger partial charge in [0.1, 0.15) is 0 Å². The van der Waals surface area contributed by atoms with Gasteiger partial charge in [0.05, 0.1) is 13.1 Å². The lowest BCUT2D eigenvalue weighted by molar-refractivity contribution is -0.136. The first-order valence-corrected chi connectivity index (χ1v) is 10.7.